The second-order valence-electron chi connectivity index (χ2n) is 4.73. The monoisotopic (exact) mass is 228 g/mol. The maximum Gasteiger partial charge on any atom is 0.222 e. The number of morpholine rings is 1. The number of rotatable bonds is 5. The summed E-state index contributed by atoms with van der Waals surface area (Å²) in [6, 6.07) is 0.499. The smallest absolute Gasteiger partial charge is 0.222 e. The average Bonchev–Trinajstić information content (AvgIpc) is 2.24. The Balaban J connectivity index is 2.14. The fraction of sp³-hybridized carbons (Fsp3) is 0.917. The van der Waals surface area contributed by atoms with Crippen LogP contribution in [0.4, 0.5) is 0 Å². The van der Waals surface area contributed by atoms with E-state index in [1.807, 2.05) is 11.8 Å². The van der Waals surface area contributed by atoms with E-state index in [2.05, 4.69) is 19.2 Å². The molecule has 0 bridgehead atoms. The van der Waals surface area contributed by atoms with E-state index in [-0.39, 0.29) is 12.0 Å². The molecule has 1 unspecified atom stereocenters. The molecular weight excluding hydrogens is 204 g/mol. The van der Waals surface area contributed by atoms with Crippen LogP contribution in [-0.4, -0.2) is 49.2 Å². The Labute approximate surface area is 98.3 Å². The lowest BCUT2D eigenvalue weighted by atomic mass is 10.2. The van der Waals surface area contributed by atoms with Crippen LogP contribution in [0.15, 0.2) is 0 Å². The molecule has 1 N–H and O–H groups in total. The highest BCUT2D eigenvalue weighted by Gasteiger charge is 2.20. The van der Waals surface area contributed by atoms with E-state index in [4.69, 9.17) is 4.74 Å². The molecule has 1 fully saturated rings. The van der Waals surface area contributed by atoms with Gasteiger partial charge in [-0.1, -0.05) is 13.8 Å². The lowest BCUT2D eigenvalue weighted by Gasteiger charge is -2.31. The van der Waals surface area contributed by atoms with Crippen molar-refractivity contribution < 1.29 is 9.53 Å². The minimum atomic E-state index is 0.187. The fourth-order valence-electron chi connectivity index (χ4n) is 1.83. The van der Waals surface area contributed by atoms with Gasteiger partial charge in [-0.3, -0.25) is 4.79 Å². The topological polar surface area (TPSA) is 41.6 Å². The molecule has 0 spiro atoms. The van der Waals surface area contributed by atoms with Crippen molar-refractivity contribution in [2.24, 2.45) is 0 Å². The van der Waals surface area contributed by atoms with Crippen LogP contribution < -0.4 is 5.32 Å². The van der Waals surface area contributed by atoms with Crippen LogP contribution in [0.2, 0.25) is 0 Å². The molecule has 1 heterocycles. The molecule has 0 aliphatic carbocycles. The van der Waals surface area contributed by atoms with Crippen LogP contribution in [0.5, 0.6) is 0 Å². The third-order valence-corrected chi connectivity index (χ3v) is 2.71. The normalized spacial score (nSPS) is 21.5. The molecule has 0 saturated carbocycles. The first-order valence-corrected chi connectivity index (χ1v) is 6.22. The summed E-state index contributed by atoms with van der Waals surface area (Å²) in [6.07, 6.45) is 1.75. The highest BCUT2D eigenvalue weighted by molar-refractivity contribution is 5.76. The van der Waals surface area contributed by atoms with E-state index < -0.39 is 0 Å². The molecule has 4 heteroatoms. The Kier molecular flexibility index (Phi) is 5.77. The van der Waals surface area contributed by atoms with Crippen LogP contribution in [0.3, 0.4) is 0 Å². The Morgan fingerprint density at radius 2 is 2.31 bits per heavy atom. The molecule has 1 aliphatic heterocycles. The highest BCUT2D eigenvalue weighted by Crippen LogP contribution is 2.06. The van der Waals surface area contributed by atoms with Gasteiger partial charge in [-0.25, -0.2) is 0 Å². The molecule has 0 aromatic heterocycles. The zero-order valence-electron chi connectivity index (χ0n) is 10.7. The zero-order chi connectivity index (χ0) is 12.0. The van der Waals surface area contributed by atoms with Crippen molar-refractivity contribution in [3.05, 3.63) is 0 Å². The maximum atomic E-state index is 11.8. The second-order valence-corrected chi connectivity index (χ2v) is 4.73. The summed E-state index contributed by atoms with van der Waals surface area (Å²) in [4.78, 5) is 13.8. The second kappa shape index (κ2) is 6.86. The van der Waals surface area contributed by atoms with E-state index in [0.717, 1.165) is 26.1 Å². The van der Waals surface area contributed by atoms with Gasteiger partial charge in [0.15, 0.2) is 0 Å². The first-order valence-electron chi connectivity index (χ1n) is 6.22. The van der Waals surface area contributed by atoms with Crippen LogP contribution in [-0.2, 0) is 9.53 Å². The summed E-state index contributed by atoms with van der Waals surface area (Å²) in [5.74, 6) is 0.265. The summed E-state index contributed by atoms with van der Waals surface area (Å²) in [7, 11) is 0. The third-order valence-electron chi connectivity index (χ3n) is 2.71. The van der Waals surface area contributed by atoms with Crippen LogP contribution in [0.1, 0.15) is 33.6 Å². The number of amides is 1. The van der Waals surface area contributed by atoms with Gasteiger partial charge in [-0.15, -0.1) is 0 Å². The Hall–Kier alpha value is -0.610. The summed E-state index contributed by atoms with van der Waals surface area (Å²) in [5, 5.41) is 3.32. The molecule has 0 radical (unpaired) electrons. The number of carbonyl (C=O) groups is 1. The van der Waals surface area contributed by atoms with Crippen molar-refractivity contribution in [3.8, 4) is 0 Å². The van der Waals surface area contributed by atoms with E-state index in [0.29, 0.717) is 19.1 Å². The standard InChI is InChI=1S/C12H24N2O2/c1-10(2)13-6-4-5-12(15)14-7-8-16-11(3)9-14/h10-11,13H,4-9H2,1-3H3. The predicted octanol–water partition coefficient (Wildman–Crippen LogP) is 1.01. The summed E-state index contributed by atoms with van der Waals surface area (Å²) >= 11 is 0. The predicted molar refractivity (Wildman–Crippen MR) is 64.4 cm³/mol. The lowest BCUT2D eigenvalue weighted by Crippen LogP contribution is -2.44. The van der Waals surface area contributed by atoms with Crippen LogP contribution >= 0.6 is 0 Å². The molecule has 1 rings (SSSR count). The minimum absolute atomic E-state index is 0.187. The van der Waals surface area contributed by atoms with Gasteiger partial charge in [0, 0.05) is 25.6 Å². The van der Waals surface area contributed by atoms with Crippen molar-refractivity contribution in [2.45, 2.75) is 45.8 Å². The Morgan fingerprint density at radius 1 is 1.56 bits per heavy atom. The minimum Gasteiger partial charge on any atom is -0.375 e. The zero-order valence-corrected chi connectivity index (χ0v) is 10.7. The number of ether oxygens (including phenoxy) is 1. The summed E-state index contributed by atoms with van der Waals surface area (Å²) in [5.41, 5.74) is 0. The van der Waals surface area contributed by atoms with Crippen molar-refractivity contribution >= 4 is 5.91 Å². The van der Waals surface area contributed by atoms with Crippen LogP contribution in [0, 0.1) is 0 Å². The third kappa shape index (κ3) is 4.94. The number of nitrogens with one attached hydrogen (secondary N) is 1. The highest BCUT2D eigenvalue weighted by atomic mass is 16.5. The van der Waals surface area contributed by atoms with Gasteiger partial charge in [0.2, 0.25) is 5.91 Å². The van der Waals surface area contributed by atoms with Gasteiger partial charge in [-0.05, 0) is 19.9 Å². The summed E-state index contributed by atoms with van der Waals surface area (Å²) in [6.45, 7) is 9.34. The van der Waals surface area contributed by atoms with Crippen LogP contribution in [0.25, 0.3) is 0 Å². The Bertz CT molecular complexity index is 219. The number of hydrogen-bond donors (Lipinski definition) is 1. The number of hydrogen-bond acceptors (Lipinski definition) is 3. The quantitative estimate of drug-likeness (QED) is 0.714. The SMILES string of the molecule is CC(C)NCCCC(=O)N1CCOC(C)C1. The number of carbonyl (C=O) groups excluding carboxylic acids is 1. The molecular formula is C12H24N2O2. The molecule has 1 saturated heterocycles. The van der Waals surface area contributed by atoms with Gasteiger partial charge in [0.05, 0.1) is 12.7 Å². The van der Waals surface area contributed by atoms with Gasteiger partial charge in [0.25, 0.3) is 0 Å². The molecule has 1 amide bonds. The first kappa shape index (κ1) is 13.5. The molecule has 4 nitrogen and oxygen atoms in total. The van der Waals surface area contributed by atoms with Crippen molar-refractivity contribution in [1.82, 2.24) is 10.2 Å². The molecule has 94 valence electrons. The van der Waals surface area contributed by atoms with Crippen molar-refractivity contribution in [3.63, 3.8) is 0 Å². The largest absolute Gasteiger partial charge is 0.375 e. The van der Waals surface area contributed by atoms with Gasteiger partial charge in [-0.2, -0.15) is 0 Å². The van der Waals surface area contributed by atoms with Gasteiger partial charge >= 0.3 is 0 Å². The molecule has 16 heavy (non-hydrogen) atoms. The first-order chi connectivity index (χ1) is 7.59. The fourth-order valence-corrected chi connectivity index (χ4v) is 1.83. The molecule has 1 aliphatic rings. The van der Waals surface area contributed by atoms with E-state index >= 15 is 0 Å². The number of nitrogens with zero attached hydrogens (tertiary/aromatic N) is 1. The molecule has 0 aromatic rings. The average molecular weight is 228 g/mol. The summed E-state index contributed by atoms with van der Waals surface area (Å²) < 4.78 is 5.41. The van der Waals surface area contributed by atoms with Crippen molar-refractivity contribution in [1.29, 1.82) is 0 Å². The van der Waals surface area contributed by atoms with E-state index in [1.54, 1.807) is 0 Å². The Morgan fingerprint density at radius 3 is 2.94 bits per heavy atom. The van der Waals surface area contributed by atoms with Gasteiger partial charge in [0.1, 0.15) is 0 Å². The van der Waals surface area contributed by atoms with Gasteiger partial charge < -0.3 is 15.0 Å². The maximum absolute atomic E-state index is 11.8. The molecule has 1 atom stereocenters. The lowest BCUT2D eigenvalue weighted by molar-refractivity contribution is -0.138. The molecule has 0 aromatic carbocycles. The van der Waals surface area contributed by atoms with E-state index in [1.165, 1.54) is 0 Å². The van der Waals surface area contributed by atoms with E-state index in [9.17, 15) is 4.79 Å². The van der Waals surface area contributed by atoms with Crippen molar-refractivity contribution in [2.75, 3.05) is 26.2 Å².